The molecule has 2 heterocycles. The average Bonchev–Trinajstić information content (AvgIpc) is 3.25. The minimum Gasteiger partial charge on any atom is -0.483 e. The zero-order valence-corrected chi connectivity index (χ0v) is 17.8. The van der Waals surface area contributed by atoms with E-state index in [-0.39, 0.29) is 18.6 Å². The van der Waals surface area contributed by atoms with E-state index in [4.69, 9.17) is 13.9 Å². The third-order valence-corrected chi connectivity index (χ3v) is 5.40. The van der Waals surface area contributed by atoms with Gasteiger partial charge in [-0.25, -0.2) is 0 Å². The van der Waals surface area contributed by atoms with Gasteiger partial charge in [0.15, 0.2) is 6.61 Å². The number of furan rings is 1. The SMILES string of the molecule is Cc1ccc(C(CNC(=O)COc2ccccc2-c2ccccc2)N2CCOCC2)o1. The Labute approximate surface area is 182 Å². The number of hydrogen-bond acceptors (Lipinski definition) is 5. The molecule has 2 aromatic carbocycles. The van der Waals surface area contributed by atoms with Gasteiger partial charge in [0.2, 0.25) is 0 Å². The maximum Gasteiger partial charge on any atom is 0.258 e. The minimum atomic E-state index is -0.163. The van der Waals surface area contributed by atoms with Crippen LogP contribution in [0.2, 0.25) is 0 Å². The number of carbonyl (C=O) groups excluding carboxylic acids is 1. The van der Waals surface area contributed by atoms with Crippen molar-refractivity contribution in [1.29, 1.82) is 0 Å². The standard InChI is InChI=1S/C25H28N2O4/c1-19-11-12-24(31-19)22(27-13-15-29-16-14-27)17-26-25(28)18-30-23-10-6-5-9-21(23)20-7-3-2-4-8-20/h2-12,22H,13-18H2,1H3,(H,26,28). The van der Waals surface area contributed by atoms with Crippen LogP contribution in [0.4, 0.5) is 0 Å². The number of nitrogens with zero attached hydrogens (tertiary/aromatic N) is 1. The van der Waals surface area contributed by atoms with E-state index < -0.39 is 0 Å². The van der Waals surface area contributed by atoms with Gasteiger partial charge in [0.1, 0.15) is 17.3 Å². The fourth-order valence-corrected chi connectivity index (χ4v) is 3.78. The first kappa shape index (κ1) is 21.2. The fraction of sp³-hybridized carbons (Fsp3) is 0.320. The topological polar surface area (TPSA) is 63.9 Å². The summed E-state index contributed by atoms with van der Waals surface area (Å²) in [6.45, 7) is 5.32. The molecule has 1 atom stereocenters. The maximum atomic E-state index is 12.6. The Morgan fingerprint density at radius 2 is 1.77 bits per heavy atom. The number of carbonyl (C=O) groups is 1. The summed E-state index contributed by atoms with van der Waals surface area (Å²) in [6.07, 6.45) is 0. The summed E-state index contributed by atoms with van der Waals surface area (Å²) in [5.41, 5.74) is 2.02. The van der Waals surface area contributed by atoms with Crippen LogP contribution in [0.25, 0.3) is 11.1 Å². The molecule has 1 fully saturated rings. The van der Waals surface area contributed by atoms with Crippen molar-refractivity contribution < 1.29 is 18.7 Å². The molecule has 162 valence electrons. The first-order chi connectivity index (χ1) is 15.2. The number of rotatable bonds is 8. The Morgan fingerprint density at radius 3 is 2.52 bits per heavy atom. The maximum absolute atomic E-state index is 12.6. The molecule has 1 aromatic heterocycles. The third kappa shape index (κ3) is 5.54. The lowest BCUT2D eigenvalue weighted by Crippen LogP contribution is -2.44. The quantitative estimate of drug-likeness (QED) is 0.600. The molecule has 4 rings (SSSR count). The Bertz CT molecular complexity index is 980. The molecule has 6 nitrogen and oxygen atoms in total. The lowest BCUT2D eigenvalue weighted by Gasteiger charge is -2.33. The van der Waals surface area contributed by atoms with Crippen LogP contribution < -0.4 is 10.1 Å². The van der Waals surface area contributed by atoms with E-state index >= 15 is 0 Å². The number of benzene rings is 2. The van der Waals surface area contributed by atoms with Crippen molar-refractivity contribution in [3.63, 3.8) is 0 Å². The number of aryl methyl sites for hydroxylation is 1. The van der Waals surface area contributed by atoms with Gasteiger partial charge < -0.3 is 19.2 Å². The van der Waals surface area contributed by atoms with Gasteiger partial charge in [-0.2, -0.15) is 0 Å². The zero-order valence-electron chi connectivity index (χ0n) is 17.8. The highest BCUT2D eigenvalue weighted by Gasteiger charge is 2.25. The molecule has 1 amide bonds. The van der Waals surface area contributed by atoms with E-state index in [0.29, 0.717) is 25.5 Å². The molecular weight excluding hydrogens is 392 g/mol. The van der Waals surface area contributed by atoms with Gasteiger partial charge >= 0.3 is 0 Å². The molecule has 1 saturated heterocycles. The second kappa shape index (κ2) is 10.3. The van der Waals surface area contributed by atoms with Crippen LogP contribution in [0.15, 0.2) is 71.1 Å². The van der Waals surface area contributed by atoms with Gasteiger partial charge in [-0.15, -0.1) is 0 Å². The number of morpholine rings is 1. The highest BCUT2D eigenvalue weighted by molar-refractivity contribution is 5.78. The fourth-order valence-electron chi connectivity index (χ4n) is 3.78. The van der Waals surface area contributed by atoms with Gasteiger partial charge in [-0.05, 0) is 30.7 Å². The van der Waals surface area contributed by atoms with Crippen molar-refractivity contribution in [2.24, 2.45) is 0 Å². The summed E-state index contributed by atoms with van der Waals surface area (Å²) in [7, 11) is 0. The lowest BCUT2D eigenvalue weighted by atomic mass is 10.1. The Morgan fingerprint density at radius 1 is 1.03 bits per heavy atom. The first-order valence-corrected chi connectivity index (χ1v) is 10.6. The van der Waals surface area contributed by atoms with E-state index in [9.17, 15) is 4.79 Å². The van der Waals surface area contributed by atoms with E-state index in [1.165, 1.54) is 0 Å². The smallest absolute Gasteiger partial charge is 0.258 e. The van der Waals surface area contributed by atoms with Gasteiger partial charge in [0.25, 0.3) is 5.91 Å². The molecule has 0 saturated carbocycles. The van der Waals surface area contributed by atoms with E-state index in [2.05, 4.69) is 10.2 Å². The van der Waals surface area contributed by atoms with Crippen LogP contribution in [0.1, 0.15) is 17.6 Å². The third-order valence-electron chi connectivity index (χ3n) is 5.40. The molecule has 0 aliphatic carbocycles. The van der Waals surface area contributed by atoms with Crippen molar-refractivity contribution in [1.82, 2.24) is 10.2 Å². The Balaban J connectivity index is 1.37. The number of hydrogen-bond donors (Lipinski definition) is 1. The first-order valence-electron chi connectivity index (χ1n) is 10.6. The van der Waals surface area contributed by atoms with Crippen LogP contribution in [0.3, 0.4) is 0 Å². The molecule has 0 radical (unpaired) electrons. The monoisotopic (exact) mass is 420 g/mol. The molecule has 0 spiro atoms. The van der Waals surface area contributed by atoms with Gasteiger partial charge in [0, 0.05) is 25.2 Å². The Hall–Kier alpha value is -3.09. The number of para-hydroxylation sites is 1. The van der Waals surface area contributed by atoms with Crippen molar-refractivity contribution in [2.45, 2.75) is 13.0 Å². The largest absolute Gasteiger partial charge is 0.483 e. The molecule has 1 aliphatic heterocycles. The summed E-state index contributed by atoms with van der Waals surface area (Å²) in [4.78, 5) is 14.9. The van der Waals surface area contributed by atoms with Crippen molar-refractivity contribution in [3.05, 3.63) is 78.3 Å². The molecule has 1 N–H and O–H groups in total. The zero-order chi connectivity index (χ0) is 21.5. The average molecular weight is 421 g/mol. The lowest BCUT2D eigenvalue weighted by molar-refractivity contribution is -0.123. The molecular formula is C25H28N2O4. The molecule has 1 aliphatic rings. The Kier molecular flexibility index (Phi) is 7.02. The summed E-state index contributed by atoms with van der Waals surface area (Å²) in [6, 6.07) is 21.7. The number of ether oxygens (including phenoxy) is 2. The van der Waals surface area contributed by atoms with Crippen molar-refractivity contribution in [2.75, 3.05) is 39.5 Å². The summed E-state index contributed by atoms with van der Waals surface area (Å²) in [5.74, 6) is 2.25. The highest BCUT2D eigenvalue weighted by Crippen LogP contribution is 2.29. The van der Waals surface area contributed by atoms with Crippen LogP contribution in [-0.2, 0) is 9.53 Å². The normalized spacial score (nSPS) is 15.4. The predicted molar refractivity (Wildman–Crippen MR) is 119 cm³/mol. The van der Waals surface area contributed by atoms with Crippen molar-refractivity contribution >= 4 is 5.91 Å². The molecule has 3 aromatic rings. The van der Waals surface area contributed by atoms with Gasteiger partial charge in [-0.1, -0.05) is 48.5 Å². The molecule has 1 unspecified atom stereocenters. The van der Waals surface area contributed by atoms with Crippen LogP contribution in [0, 0.1) is 6.92 Å². The number of amides is 1. The van der Waals surface area contributed by atoms with Crippen LogP contribution in [0.5, 0.6) is 5.75 Å². The highest BCUT2D eigenvalue weighted by atomic mass is 16.5. The van der Waals surface area contributed by atoms with Crippen LogP contribution in [-0.4, -0.2) is 50.3 Å². The molecule has 31 heavy (non-hydrogen) atoms. The summed E-state index contributed by atoms with van der Waals surface area (Å²) in [5, 5.41) is 3.01. The van der Waals surface area contributed by atoms with E-state index in [1.807, 2.05) is 73.7 Å². The minimum absolute atomic E-state index is 0.0295. The second-order valence-corrected chi connectivity index (χ2v) is 7.57. The summed E-state index contributed by atoms with van der Waals surface area (Å²) < 4.78 is 17.2. The molecule has 0 bridgehead atoms. The number of nitrogens with one attached hydrogen (secondary N) is 1. The van der Waals surface area contributed by atoms with Gasteiger partial charge in [-0.3, -0.25) is 9.69 Å². The predicted octanol–water partition coefficient (Wildman–Crippen LogP) is 3.82. The van der Waals surface area contributed by atoms with Crippen molar-refractivity contribution in [3.8, 4) is 16.9 Å². The van der Waals surface area contributed by atoms with Crippen LogP contribution >= 0.6 is 0 Å². The van der Waals surface area contributed by atoms with Gasteiger partial charge in [0.05, 0.1) is 19.3 Å². The van der Waals surface area contributed by atoms with E-state index in [1.54, 1.807) is 0 Å². The second-order valence-electron chi connectivity index (χ2n) is 7.57. The molecule has 6 heteroatoms. The summed E-state index contributed by atoms with van der Waals surface area (Å²) >= 11 is 0. The van der Waals surface area contributed by atoms with E-state index in [0.717, 1.165) is 35.7 Å².